The van der Waals surface area contributed by atoms with E-state index in [2.05, 4.69) is 15.5 Å². The Kier molecular flexibility index (Phi) is 5.26. The van der Waals surface area contributed by atoms with E-state index in [0.29, 0.717) is 28.5 Å². The maximum atomic E-state index is 12.8. The second-order valence-corrected chi connectivity index (χ2v) is 7.13. The van der Waals surface area contributed by atoms with Gasteiger partial charge in [0.15, 0.2) is 10.2 Å². The molecule has 0 aliphatic carbocycles. The maximum absolute atomic E-state index is 12.8. The van der Waals surface area contributed by atoms with Crippen molar-refractivity contribution in [2.75, 3.05) is 6.54 Å². The van der Waals surface area contributed by atoms with Gasteiger partial charge in [0.25, 0.3) is 0 Å². The topological polar surface area (TPSA) is 84.7 Å². The number of fused-ring (bicyclic) bond motifs is 2. The highest BCUT2D eigenvalue weighted by Gasteiger charge is 2.13. The van der Waals surface area contributed by atoms with E-state index in [-0.39, 0.29) is 17.9 Å². The van der Waals surface area contributed by atoms with Gasteiger partial charge >= 0.3 is 0 Å². The van der Waals surface area contributed by atoms with Crippen LogP contribution >= 0.6 is 12.2 Å². The lowest BCUT2D eigenvalue weighted by atomic mass is 10.1. The Balaban J connectivity index is 1.58. The Labute approximate surface area is 172 Å². The SMILES string of the molecule is CCn1c(CCNC(=O)Cn2c3ccccc3c(=O)c3ccccc32)n[nH]c1=S. The zero-order chi connectivity index (χ0) is 20.4. The highest BCUT2D eigenvalue weighted by Crippen LogP contribution is 2.18. The molecular weight excluding hydrogens is 386 g/mol. The van der Waals surface area contributed by atoms with Gasteiger partial charge in [-0.3, -0.25) is 14.7 Å². The number of aromatic amines is 1. The van der Waals surface area contributed by atoms with Gasteiger partial charge in [0.2, 0.25) is 5.91 Å². The van der Waals surface area contributed by atoms with E-state index in [9.17, 15) is 9.59 Å². The van der Waals surface area contributed by atoms with Crippen LogP contribution in [0.5, 0.6) is 0 Å². The molecule has 1 amide bonds. The fourth-order valence-electron chi connectivity index (χ4n) is 3.63. The summed E-state index contributed by atoms with van der Waals surface area (Å²) < 4.78 is 4.38. The number of carbonyl (C=O) groups is 1. The zero-order valence-corrected chi connectivity index (χ0v) is 16.8. The second-order valence-electron chi connectivity index (χ2n) is 6.74. The molecule has 2 heterocycles. The van der Waals surface area contributed by atoms with Crippen molar-refractivity contribution in [1.82, 2.24) is 24.6 Å². The van der Waals surface area contributed by atoms with Gasteiger partial charge in [-0.25, -0.2) is 0 Å². The van der Waals surface area contributed by atoms with Crippen LogP contribution in [-0.2, 0) is 24.3 Å². The number of aromatic nitrogens is 4. The van der Waals surface area contributed by atoms with Gasteiger partial charge in [0.05, 0.1) is 11.0 Å². The van der Waals surface area contributed by atoms with Crippen LogP contribution in [0.2, 0.25) is 0 Å². The molecule has 7 nitrogen and oxygen atoms in total. The van der Waals surface area contributed by atoms with Crippen LogP contribution in [0.3, 0.4) is 0 Å². The average molecular weight is 407 g/mol. The standard InChI is InChI=1S/C21H21N5O2S/c1-2-25-18(23-24-21(25)29)11-12-22-19(27)13-26-16-9-5-3-7-14(16)20(28)15-8-4-6-10-17(15)26/h3-10H,2,11-13H2,1H3,(H,22,27)(H,24,29). The van der Waals surface area contributed by atoms with Crippen LogP contribution in [0.25, 0.3) is 21.8 Å². The van der Waals surface area contributed by atoms with Crippen molar-refractivity contribution in [2.24, 2.45) is 0 Å². The van der Waals surface area contributed by atoms with Crippen LogP contribution in [0.1, 0.15) is 12.7 Å². The van der Waals surface area contributed by atoms with Gasteiger partial charge in [-0.2, -0.15) is 5.10 Å². The second kappa shape index (κ2) is 8.00. The quantitative estimate of drug-likeness (QED) is 0.380. The van der Waals surface area contributed by atoms with Crippen LogP contribution < -0.4 is 10.7 Å². The lowest BCUT2D eigenvalue weighted by molar-refractivity contribution is -0.121. The predicted molar refractivity (Wildman–Crippen MR) is 116 cm³/mol. The molecule has 4 rings (SSSR count). The Hall–Kier alpha value is -3.26. The van der Waals surface area contributed by atoms with Crippen LogP contribution in [0, 0.1) is 4.77 Å². The van der Waals surface area contributed by atoms with Crippen LogP contribution in [0.4, 0.5) is 0 Å². The van der Waals surface area contributed by atoms with Crippen molar-refractivity contribution >= 4 is 39.9 Å². The first-order valence-electron chi connectivity index (χ1n) is 9.51. The maximum Gasteiger partial charge on any atom is 0.239 e. The lowest BCUT2D eigenvalue weighted by Crippen LogP contribution is -2.30. The van der Waals surface area contributed by atoms with Gasteiger partial charge in [0.1, 0.15) is 12.4 Å². The molecule has 0 radical (unpaired) electrons. The molecule has 2 N–H and O–H groups in total. The first-order chi connectivity index (χ1) is 14.1. The highest BCUT2D eigenvalue weighted by atomic mass is 32.1. The first-order valence-corrected chi connectivity index (χ1v) is 9.92. The molecule has 0 saturated heterocycles. The minimum atomic E-state index is -0.124. The number of nitrogens with zero attached hydrogens (tertiary/aromatic N) is 3. The van der Waals surface area contributed by atoms with E-state index in [1.54, 1.807) is 12.1 Å². The molecule has 0 unspecified atom stereocenters. The van der Waals surface area contributed by atoms with E-state index in [1.807, 2.05) is 52.5 Å². The summed E-state index contributed by atoms with van der Waals surface area (Å²) in [4.78, 5) is 25.5. The highest BCUT2D eigenvalue weighted by molar-refractivity contribution is 7.71. The summed E-state index contributed by atoms with van der Waals surface area (Å²) in [5, 5.41) is 11.2. The molecule has 0 saturated carbocycles. The zero-order valence-electron chi connectivity index (χ0n) is 16.0. The molecule has 0 bridgehead atoms. The minimum Gasteiger partial charge on any atom is -0.354 e. The van der Waals surface area contributed by atoms with Crippen molar-refractivity contribution in [2.45, 2.75) is 26.4 Å². The van der Waals surface area contributed by atoms with Gasteiger partial charge in [-0.15, -0.1) is 0 Å². The van der Waals surface area contributed by atoms with Crippen molar-refractivity contribution in [3.63, 3.8) is 0 Å². The number of hydrogen-bond donors (Lipinski definition) is 2. The summed E-state index contributed by atoms with van der Waals surface area (Å²) in [6, 6.07) is 14.8. The number of pyridine rings is 1. The van der Waals surface area contributed by atoms with Crippen molar-refractivity contribution < 1.29 is 4.79 Å². The van der Waals surface area contributed by atoms with Gasteiger partial charge in [0, 0.05) is 30.3 Å². The molecule has 2 aromatic heterocycles. The Morgan fingerprint density at radius 3 is 2.31 bits per heavy atom. The third kappa shape index (κ3) is 3.58. The summed E-state index contributed by atoms with van der Waals surface area (Å²) in [6.07, 6.45) is 0.582. The molecule has 2 aromatic carbocycles. The van der Waals surface area contributed by atoms with Gasteiger partial charge in [-0.05, 0) is 43.4 Å². The normalized spacial score (nSPS) is 11.2. The Morgan fingerprint density at radius 1 is 1.07 bits per heavy atom. The fraction of sp³-hybridized carbons (Fsp3) is 0.238. The van der Waals surface area contributed by atoms with E-state index < -0.39 is 0 Å². The molecule has 0 aliphatic heterocycles. The predicted octanol–water partition coefficient (Wildman–Crippen LogP) is 2.79. The molecule has 4 aromatic rings. The largest absolute Gasteiger partial charge is 0.354 e. The third-order valence-electron chi connectivity index (χ3n) is 5.00. The number of hydrogen-bond acceptors (Lipinski definition) is 4. The molecule has 29 heavy (non-hydrogen) atoms. The number of nitrogens with one attached hydrogen (secondary N) is 2. The average Bonchev–Trinajstić information content (AvgIpc) is 3.10. The first kappa shape index (κ1) is 19.1. The van der Waals surface area contributed by atoms with Gasteiger partial charge < -0.3 is 14.5 Å². The number of amides is 1. The summed E-state index contributed by atoms with van der Waals surface area (Å²) in [5.41, 5.74) is 1.48. The number of rotatable bonds is 6. The van der Waals surface area contributed by atoms with E-state index in [1.165, 1.54) is 0 Å². The number of benzene rings is 2. The fourth-order valence-corrected chi connectivity index (χ4v) is 3.91. The summed E-state index contributed by atoms with van der Waals surface area (Å²) >= 11 is 5.19. The third-order valence-corrected chi connectivity index (χ3v) is 5.32. The van der Waals surface area contributed by atoms with Gasteiger partial charge in [-0.1, -0.05) is 24.3 Å². The molecule has 148 valence electrons. The molecule has 0 atom stereocenters. The summed E-state index contributed by atoms with van der Waals surface area (Å²) in [6.45, 7) is 3.31. The number of carbonyl (C=O) groups excluding carboxylic acids is 1. The number of para-hydroxylation sites is 2. The lowest BCUT2D eigenvalue weighted by Gasteiger charge is -2.15. The van der Waals surface area contributed by atoms with Crippen LogP contribution in [0.15, 0.2) is 53.3 Å². The van der Waals surface area contributed by atoms with E-state index in [4.69, 9.17) is 12.2 Å². The van der Waals surface area contributed by atoms with E-state index >= 15 is 0 Å². The monoisotopic (exact) mass is 407 g/mol. The van der Waals surface area contributed by atoms with Crippen molar-refractivity contribution in [1.29, 1.82) is 0 Å². The molecule has 0 fully saturated rings. The Bertz CT molecular complexity index is 1260. The van der Waals surface area contributed by atoms with Crippen molar-refractivity contribution in [3.8, 4) is 0 Å². The minimum absolute atomic E-state index is 0.0183. The number of H-pyrrole nitrogens is 1. The van der Waals surface area contributed by atoms with E-state index in [0.717, 1.165) is 23.4 Å². The summed E-state index contributed by atoms with van der Waals surface area (Å²) in [7, 11) is 0. The molecule has 0 aliphatic rings. The summed E-state index contributed by atoms with van der Waals surface area (Å²) in [5.74, 6) is 0.693. The molecular formula is C21H21N5O2S. The molecule has 0 spiro atoms. The Morgan fingerprint density at radius 2 is 1.69 bits per heavy atom. The smallest absolute Gasteiger partial charge is 0.239 e. The van der Waals surface area contributed by atoms with Crippen molar-refractivity contribution in [3.05, 3.63) is 69.3 Å². The van der Waals surface area contributed by atoms with Crippen LogP contribution in [-0.4, -0.2) is 31.8 Å². The molecule has 8 heteroatoms.